The molecule has 2 rings (SSSR count). The number of halogens is 1. The van der Waals surface area contributed by atoms with E-state index in [9.17, 15) is 4.39 Å². The zero-order chi connectivity index (χ0) is 12.3. The number of anilines is 1. The van der Waals surface area contributed by atoms with Crippen LogP contribution in [0.4, 0.5) is 10.1 Å². The van der Waals surface area contributed by atoms with Gasteiger partial charge in [-0.2, -0.15) is 0 Å². The average molecular weight is 268 g/mol. The molecule has 2 N–H and O–H groups in total. The second kappa shape index (κ2) is 5.51. The highest BCUT2D eigenvalue weighted by atomic mass is 32.2. The minimum Gasteiger partial charge on any atom is -0.399 e. The Balaban J connectivity index is 1.92. The third kappa shape index (κ3) is 3.44. The summed E-state index contributed by atoms with van der Waals surface area (Å²) >= 11 is 3.28. The highest BCUT2D eigenvalue weighted by Gasteiger charge is 2.03. The quantitative estimate of drug-likeness (QED) is 0.681. The van der Waals surface area contributed by atoms with Gasteiger partial charge in [0.2, 0.25) is 0 Å². The van der Waals surface area contributed by atoms with Crippen molar-refractivity contribution < 1.29 is 4.39 Å². The summed E-state index contributed by atoms with van der Waals surface area (Å²) in [6.07, 6.45) is 0.956. The lowest BCUT2D eigenvalue weighted by atomic mass is 10.3. The summed E-state index contributed by atoms with van der Waals surface area (Å²) in [5.41, 5.74) is 9.01. The predicted octanol–water partition coefficient (Wildman–Crippen LogP) is 3.51. The fourth-order valence-corrected chi connectivity index (χ4v) is 3.36. The molecule has 2 nitrogen and oxygen atoms in total. The van der Waals surface area contributed by atoms with Crippen LogP contribution in [0.2, 0.25) is 0 Å². The van der Waals surface area contributed by atoms with E-state index in [1.807, 2.05) is 12.4 Å². The van der Waals surface area contributed by atoms with Crippen LogP contribution in [0.3, 0.4) is 0 Å². The lowest BCUT2D eigenvalue weighted by Crippen LogP contribution is -1.90. The molecule has 0 atom stereocenters. The van der Waals surface area contributed by atoms with Gasteiger partial charge >= 0.3 is 0 Å². The summed E-state index contributed by atoms with van der Waals surface area (Å²) < 4.78 is 13.1. The lowest BCUT2D eigenvalue weighted by Gasteiger charge is -2.03. The van der Waals surface area contributed by atoms with Crippen molar-refractivity contribution in [3.63, 3.8) is 0 Å². The van der Waals surface area contributed by atoms with Gasteiger partial charge in [0.15, 0.2) is 0 Å². The van der Waals surface area contributed by atoms with E-state index >= 15 is 0 Å². The molecule has 0 fully saturated rings. The first-order chi connectivity index (χ1) is 8.15. The van der Waals surface area contributed by atoms with Gasteiger partial charge in [-0.3, -0.25) is 0 Å². The summed E-state index contributed by atoms with van der Waals surface area (Å²) in [6, 6.07) is 4.64. The fourth-order valence-electron chi connectivity index (χ4n) is 1.50. The van der Waals surface area contributed by atoms with Gasteiger partial charge < -0.3 is 5.73 Å². The number of hydrogen-bond acceptors (Lipinski definition) is 4. The Hall–Kier alpha value is -1.07. The Labute approximate surface area is 108 Å². The lowest BCUT2D eigenvalue weighted by molar-refractivity contribution is 0.625. The van der Waals surface area contributed by atoms with Gasteiger partial charge in [-0.05, 0) is 31.5 Å². The standard InChI is InChI=1S/C12H13FN2S2/c1-8-12(17-7-15-8)2-3-16-11-5-9(13)4-10(14)6-11/h4-7H,2-3,14H2,1H3. The zero-order valence-corrected chi connectivity index (χ0v) is 11.1. The van der Waals surface area contributed by atoms with Gasteiger partial charge in [0, 0.05) is 21.2 Å². The molecule has 0 aliphatic rings. The maximum atomic E-state index is 13.1. The van der Waals surface area contributed by atoms with E-state index in [0.29, 0.717) is 5.69 Å². The number of nitrogen functional groups attached to an aromatic ring is 1. The summed E-state index contributed by atoms with van der Waals surface area (Å²) in [5.74, 6) is 0.632. The molecule has 5 heteroatoms. The number of aryl methyl sites for hydroxylation is 2. The topological polar surface area (TPSA) is 38.9 Å². The van der Waals surface area contributed by atoms with E-state index in [2.05, 4.69) is 4.98 Å². The van der Waals surface area contributed by atoms with E-state index in [1.165, 1.54) is 17.0 Å². The molecule has 0 unspecified atom stereocenters. The van der Waals surface area contributed by atoms with Gasteiger partial charge in [0.1, 0.15) is 5.82 Å². The summed E-state index contributed by atoms with van der Waals surface area (Å²) in [6.45, 7) is 2.01. The Bertz CT molecular complexity index is 491. The minimum absolute atomic E-state index is 0.276. The molecule has 0 bridgehead atoms. The van der Waals surface area contributed by atoms with Crippen LogP contribution < -0.4 is 5.73 Å². The smallest absolute Gasteiger partial charge is 0.126 e. The van der Waals surface area contributed by atoms with Crippen LogP contribution in [0.15, 0.2) is 28.6 Å². The van der Waals surface area contributed by atoms with Gasteiger partial charge in [0.05, 0.1) is 11.2 Å². The molecule has 0 aliphatic heterocycles. The molecular formula is C12H13FN2S2. The molecule has 0 saturated carbocycles. The predicted molar refractivity (Wildman–Crippen MR) is 72.1 cm³/mol. The van der Waals surface area contributed by atoms with Crippen molar-refractivity contribution in [1.29, 1.82) is 0 Å². The number of aromatic nitrogens is 1. The number of nitrogens with two attached hydrogens (primary N) is 1. The maximum absolute atomic E-state index is 13.1. The molecule has 2 aromatic rings. The van der Waals surface area contributed by atoms with Crippen LogP contribution in [0.25, 0.3) is 0 Å². The minimum atomic E-state index is -0.276. The molecule has 1 heterocycles. The van der Waals surface area contributed by atoms with E-state index < -0.39 is 0 Å². The van der Waals surface area contributed by atoms with Crippen LogP contribution in [-0.4, -0.2) is 10.7 Å². The third-order valence-electron chi connectivity index (χ3n) is 2.34. The average Bonchev–Trinajstić information content (AvgIpc) is 2.63. The first-order valence-corrected chi connectivity index (χ1v) is 7.09. The number of thioether (sulfide) groups is 1. The summed E-state index contributed by atoms with van der Waals surface area (Å²) in [4.78, 5) is 6.37. The van der Waals surface area contributed by atoms with Crippen molar-refractivity contribution in [2.24, 2.45) is 0 Å². The van der Waals surface area contributed by atoms with Crippen LogP contribution in [-0.2, 0) is 6.42 Å². The molecule has 90 valence electrons. The van der Waals surface area contributed by atoms with Gasteiger partial charge in [-0.15, -0.1) is 23.1 Å². The SMILES string of the molecule is Cc1ncsc1CCSc1cc(N)cc(F)c1. The van der Waals surface area contributed by atoms with Gasteiger partial charge in [0.25, 0.3) is 0 Å². The Morgan fingerprint density at radius 3 is 2.88 bits per heavy atom. The first-order valence-electron chi connectivity index (χ1n) is 5.23. The van der Waals surface area contributed by atoms with Crippen molar-refractivity contribution in [2.75, 3.05) is 11.5 Å². The number of hydrogen-bond donors (Lipinski definition) is 1. The van der Waals surface area contributed by atoms with Gasteiger partial charge in [-0.1, -0.05) is 0 Å². The normalized spacial score (nSPS) is 10.7. The van der Waals surface area contributed by atoms with E-state index in [0.717, 1.165) is 22.8 Å². The fraction of sp³-hybridized carbons (Fsp3) is 0.250. The molecule has 0 radical (unpaired) electrons. The van der Waals surface area contributed by atoms with Crippen LogP contribution in [0, 0.1) is 12.7 Å². The van der Waals surface area contributed by atoms with Crippen molar-refractivity contribution >= 4 is 28.8 Å². The molecular weight excluding hydrogens is 255 g/mol. The Morgan fingerprint density at radius 1 is 1.41 bits per heavy atom. The maximum Gasteiger partial charge on any atom is 0.126 e. The highest BCUT2D eigenvalue weighted by molar-refractivity contribution is 7.99. The molecule has 17 heavy (non-hydrogen) atoms. The molecule has 0 spiro atoms. The van der Waals surface area contributed by atoms with Crippen molar-refractivity contribution in [3.05, 3.63) is 40.1 Å². The number of nitrogens with zero attached hydrogens (tertiary/aromatic N) is 1. The van der Waals surface area contributed by atoms with Crippen LogP contribution in [0.1, 0.15) is 10.6 Å². The van der Waals surface area contributed by atoms with Crippen LogP contribution in [0.5, 0.6) is 0 Å². The highest BCUT2D eigenvalue weighted by Crippen LogP contribution is 2.24. The van der Waals surface area contributed by atoms with Crippen LogP contribution >= 0.6 is 23.1 Å². The second-order valence-electron chi connectivity index (χ2n) is 3.68. The Kier molecular flexibility index (Phi) is 4.02. The van der Waals surface area contributed by atoms with E-state index in [4.69, 9.17) is 5.73 Å². The van der Waals surface area contributed by atoms with Crippen molar-refractivity contribution in [2.45, 2.75) is 18.2 Å². The number of rotatable bonds is 4. The van der Waals surface area contributed by atoms with E-state index in [1.54, 1.807) is 29.2 Å². The second-order valence-corrected chi connectivity index (χ2v) is 5.79. The summed E-state index contributed by atoms with van der Waals surface area (Å²) in [7, 11) is 0. The van der Waals surface area contributed by atoms with Crippen molar-refractivity contribution in [3.8, 4) is 0 Å². The van der Waals surface area contributed by atoms with E-state index in [-0.39, 0.29) is 5.82 Å². The van der Waals surface area contributed by atoms with Crippen molar-refractivity contribution in [1.82, 2.24) is 4.98 Å². The van der Waals surface area contributed by atoms with Gasteiger partial charge in [-0.25, -0.2) is 9.37 Å². The monoisotopic (exact) mass is 268 g/mol. The third-order valence-corrected chi connectivity index (χ3v) is 4.31. The molecule has 0 amide bonds. The number of thiazole rings is 1. The zero-order valence-electron chi connectivity index (χ0n) is 9.44. The largest absolute Gasteiger partial charge is 0.399 e. The molecule has 1 aromatic carbocycles. The molecule has 0 aliphatic carbocycles. The number of benzene rings is 1. The first kappa shape index (κ1) is 12.4. The molecule has 1 aromatic heterocycles. The Morgan fingerprint density at radius 2 is 2.24 bits per heavy atom. The molecule has 0 saturated heterocycles. The summed E-state index contributed by atoms with van der Waals surface area (Å²) in [5, 5.41) is 0.